The van der Waals surface area contributed by atoms with Crippen LogP contribution in [-0.2, 0) is 0 Å². The monoisotopic (exact) mass is 409 g/mol. The van der Waals surface area contributed by atoms with E-state index in [4.69, 9.17) is 9.26 Å². The lowest BCUT2D eigenvalue weighted by atomic mass is 10.2. The van der Waals surface area contributed by atoms with Gasteiger partial charge in [-0.05, 0) is 61.5 Å². The number of nitrogens with zero attached hydrogens (tertiary/aromatic N) is 3. The summed E-state index contributed by atoms with van der Waals surface area (Å²) in [5.41, 5.74) is 1.97. The van der Waals surface area contributed by atoms with Crippen LogP contribution in [0.5, 0.6) is 5.75 Å². The predicted molar refractivity (Wildman–Crippen MR) is 102 cm³/mol. The van der Waals surface area contributed by atoms with E-state index in [-0.39, 0.29) is 6.10 Å². The first-order valence-electron chi connectivity index (χ1n) is 8.19. The highest BCUT2D eigenvalue weighted by molar-refractivity contribution is 9.10. The molecule has 0 saturated carbocycles. The summed E-state index contributed by atoms with van der Waals surface area (Å²) in [6, 6.07) is 19.6. The lowest BCUT2D eigenvalue weighted by Gasteiger charge is -2.10. The van der Waals surface area contributed by atoms with Crippen molar-refractivity contribution in [3.63, 3.8) is 0 Å². The van der Waals surface area contributed by atoms with Gasteiger partial charge in [0.15, 0.2) is 6.10 Å². The van der Waals surface area contributed by atoms with E-state index in [1.807, 2.05) is 84.5 Å². The summed E-state index contributed by atoms with van der Waals surface area (Å²) >= 11 is 3.43. The molecular formula is C20H16BrN3O2. The van der Waals surface area contributed by atoms with Crippen molar-refractivity contribution in [1.29, 1.82) is 0 Å². The molecule has 4 aromatic rings. The van der Waals surface area contributed by atoms with Gasteiger partial charge < -0.3 is 13.8 Å². The molecule has 0 spiro atoms. The van der Waals surface area contributed by atoms with Gasteiger partial charge in [-0.3, -0.25) is 0 Å². The largest absolute Gasteiger partial charge is 0.481 e. The van der Waals surface area contributed by atoms with Gasteiger partial charge in [-0.2, -0.15) is 4.98 Å². The minimum absolute atomic E-state index is 0.343. The second-order valence-electron chi connectivity index (χ2n) is 5.81. The summed E-state index contributed by atoms with van der Waals surface area (Å²) in [6.07, 6.45) is 3.66. The summed E-state index contributed by atoms with van der Waals surface area (Å²) in [6.45, 7) is 1.88. The molecule has 0 aliphatic carbocycles. The molecular weight excluding hydrogens is 394 g/mol. The third kappa shape index (κ3) is 3.55. The van der Waals surface area contributed by atoms with Gasteiger partial charge >= 0.3 is 0 Å². The van der Waals surface area contributed by atoms with Gasteiger partial charge in [0.05, 0.1) is 0 Å². The maximum atomic E-state index is 5.87. The van der Waals surface area contributed by atoms with E-state index >= 15 is 0 Å². The number of rotatable bonds is 5. The standard InChI is InChI=1S/C20H16BrN3O2/c1-14(25-18-6-4-5-16(21)13-18)20-22-19(23-26-20)15-7-9-17(10-8-15)24-11-2-3-12-24/h2-14H,1H3/t14-/m1/s1. The second kappa shape index (κ2) is 7.17. The Morgan fingerprint density at radius 1 is 1.04 bits per heavy atom. The van der Waals surface area contributed by atoms with Gasteiger partial charge in [0, 0.05) is 28.1 Å². The van der Waals surface area contributed by atoms with Gasteiger partial charge in [0.25, 0.3) is 5.89 Å². The highest BCUT2D eigenvalue weighted by Crippen LogP contribution is 2.25. The fourth-order valence-electron chi connectivity index (χ4n) is 2.60. The van der Waals surface area contributed by atoms with Crippen LogP contribution in [0.25, 0.3) is 17.1 Å². The van der Waals surface area contributed by atoms with Crippen LogP contribution in [0, 0.1) is 0 Å². The first kappa shape index (κ1) is 16.6. The normalized spacial score (nSPS) is 12.1. The van der Waals surface area contributed by atoms with Crippen molar-refractivity contribution < 1.29 is 9.26 Å². The van der Waals surface area contributed by atoms with Crippen LogP contribution in [0.1, 0.15) is 18.9 Å². The van der Waals surface area contributed by atoms with E-state index in [2.05, 4.69) is 26.1 Å². The minimum atomic E-state index is -0.343. The van der Waals surface area contributed by atoms with E-state index in [1.165, 1.54) is 0 Å². The fourth-order valence-corrected chi connectivity index (χ4v) is 2.98. The molecule has 0 unspecified atom stereocenters. The molecule has 0 amide bonds. The SMILES string of the molecule is C[C@@H](Oc1cccc(Br)c1)c1nc(-c2ccc(-n3cccc3)cc2)no1. The smallest absolute Gasteiger partial charge is 0.267 e. The van der Waals surface area contributed by atoms with E-state index in [1.54, 1.807) is 0 Å². The predicted octanol–water partition coefficient (Wildman–Crippen LogP) is 5.43. The lowest BCUT2D eigenvalue weighted by Crippen LogP contribution is -2.03. The second-order valence-corrected chi connectivity index (χ2v) is 6.73. The van der Waals surface area contributed by atoms with Gasteiger partial charge in [-0.1, -0.05) is 27.2 Å². The van der Waals surface area contributed by atoms with E-state index in [0.717, 1.165) is 21.5 Å². The summed E-state index contributed by atoms with van der Waals surface area (Å²) in [5.74, 6) is 1.72. The number of halogens is 1. The zero-order valence-electron chi connectivity index (χ0n) is 14.0. The molecule has 5 nitrogen and oxygen atoms in total. The molecule has 1 atom stereocenters. The molecule has 4 rings (SSSR count). The molecule has 0 radical (unpaired) electrons. The van der Waals surface area contributed by atoms with E-state index in [9.17, 15) is 0 Å². The minimum Gasteiger partial charge on any atom is -0.481 e. The van der Waals surface area contributed by atoms with Crippen molar-refractivity contribution in [2.75, 3.05) is 0 Å². The number of benzene rings is 2. The van der Waals surface area contributed by atoms with Crippen molar-refractivity contribution in [3.05, 3.63) is 83.4 Å². The van der Waals surface area contributed by atoms with Crippen LogP contribution in [0.3, 0.4) is 0 Å². The van der Waals surface area contributed by atoms with Gasteiger partial charge in [0.2, 0.25) is 5.82 Å². The molecule has 0 bridgehead atoms. The van der Waals surface area contributed by atoms with E-state index < -0.39 is 0 Å². The number of ether oxygens (including phenoxy) is 1. The lowest BCUT2D eigenvalue weighted by molar-refractivity contribution is 0.175. The fraction of sp³-hybridized carbons (Fsp3) is 0.100. The quantitative estimate of drug-likeness (QED) is 0.440. The average Bonchev–Trinajstić information content (AvgIpc) is 3.34. The summed E-state index contributed by atoms with van der Waals surface area (Å²) < 4.78 is 14.2. The third-order valence-electron chi connectivity index (χ3n) is 3.93. The maximum Gasteiger partial charge on any atom is 0.267 e. The van der Waals surface area contributed by atoms with Crippen molar-refractivity contribution in [1.82, 2.24) is 14.7 Å². The Labute approximate surface area is 159 Å². The van der Waals surface area contributed by atoms with Crippen LogP contribution >= 0.6 is 15.9 Å². The maximum absolute atomic E-state index is 5.87. The van der Waals surface area contributed by atoms with Crippen LogP contribution in [-0.4, -0.2) is 14.7 Å². The number of hydrogen-bond acceptors (Lipinski definition) is 4. The Morgan fingerprint density at radius 3 is 2.54 bits per heavy atom. The Balaban J connectivity index is 1.50. The van der Waals surface area contributed by atoms with Crippen LogP contribution < -0.4 is 4.74 Å². The van der Waals surface area contributed by atoms with Crippen molar-refractivity contribution in [2.24, 2.45) is 0 Å². The third-order valence-corrected chi connectivity index (χ3v) is 4.42. The van der Waals surface area contributed by atoms with E-state index in [0.29, 0.717) is 11.7 Å². The summed E-state index contributed by atoms with van der Waals surface area (Å²) in [5, 5.41) is 4.08. The molecule has 0 fully saturated rings. The van der Waals surface area contributed by atoms with Crippen molar-refractivity contribution in [2.45, 2.75) is 13.0 Å². The highest BCUT2D eigenvalue weighted by Gasteiger charge is 2.17. The van der Waals surface area contributed by atoms with Gasteiger partial charge in [-0.25, -0.2) is 0 Å². The Bertz CT molecular complexity index is 994. The first-order valence-corrected chi connectivity index (χ1v) is 8.98. The number of aromatic nitrogens is 3. The van der Waals surface area contributed by atoms with Crippen LogP contribution in [0.4, 0.5) is 0 Å². The molecule has 130 valence electrons. The van der Waals surface area contributed by atoms with Crippen LogP contribution in [0.2, 0.25) is 0 Å². The Kier molecular flexibility index (Phi) is 4.58. The van der Waals surface area contributed by atoms with Crippen molar-refractivity contribution >= 4 is 15.9 Å². The number of hydrogen-bond donors (Lipinski definition) is 0. The average molecular weight is 410 g/mol. The van der Waals surface area contributed by atoms with Gasteiger partial charge in [0.1, 0.15) is 5.75 Å². The van der Waals surface area contributed by atoms with Crippen molar-refractivity contribution in [3.8, 4) is 22.8 Å². The summed E-state index contributed by atoms with van der Waals surface area (Å²) in [4.78, 5) is 4.47. The first-order chi connectivity index (χ1) is 12.7. The molecule has 2 aromatic heterocycles. The summed E-state index contributed by atoms with van der Waals surface area (Å²) in [7, 11) is 0. The molecule has 6 heteroatoms. The zero-order valence-corrected chi connectivity index (χ0v) is 15.6. The molecule has 26 heavy (non-hydrogen) atoms. The molecule has 2 aromatic carbocycles. The topological polar surface area (TPSA) is 53.1 Å². The molecule has 0 saturated heterocycles. The van der Waals surface area contributed by atoms with Crippen LogP contribution in [0.15, 0.2) is 82.1 Å². The molecule has 0 aliphatic heterocycles. The zero-order chi connectivity index (χ0) is 17.9. The molecule has 0 N–H and O–H groups in total. The Hall–Kier alpha value is -2.86. The Morgan fingerprint density at radius 2 is 1.81 bits per heavy atom. The molecule has 0 aliphatic rings. The molecule has 2 heterocycles. The van der Waals surface area contributed by atoms with Gasteiger partial charge in [-0.15, -0.1) is 0 Å². The highest BCUT2D eigenvalue weighted by atomic mass is 79.9.